The van der Waals surface area contributed by atoms with Crippen LogP contribution in [0, 0.1) is 0 Å². The summed E-state index contributed by atoms with van der Waals surface area (Å²) in [5.41, 5.74) is -0.209. The van der Waals surface area contributed by atoms with E-state index < -0.39 is 5.92 Å². The van der Waals surface area contributed by atoms with Gasteiger partial charge >= 0.3 is 0 Å². The van der Waals surface area contributed by atoms with E-state index in [1.807, 2.05) is 0 Å². The third kappa shape index (κ3) is 1.66. The number of hydrogen-bond acceptors (Lipinski definition) is 0. The molecule has 0 radical (unpaired) electrons. The van der Waals surface area contributed by atoms with E-state index in [1.165, 1.54) is 6.92 Å². The Labute approximate surface area is 60.2 Å². The van der Waals surface area contributed by atoms with Crippen LogP contribution >= 0.6 is 0 Å². The van der Waals surface area contributed by atoms with Crippen molar-refractivity contribution < 1.29 is 8.78 Å². The van der Waals surface area contributed by atoms with Crippen molar-refractivity contribution in [1.29, 1.82) is 0 Å². The third-order valence-electron chi connectivity index (χ3n) is 1.41. The quantitative estimate of drug-likeness (QED) is 0.536. The molecule has 0 rings (SSSR count). The molecule has 0 aromatic heterocycles. The summed E-state index contributed by atoms with van der Waals surface area (Å²) in [6, 6.07) is 0. The average molecular weight is 146 g/mol. The van der Waals surface area contributed by atoms with Gasteiger partial charge in [-0.2, -0.15) is 8.78 Å². The van der Waals surface area contributed by atoms with Gasteiger partial charge in [0.05, 0.1) is 0 Å². The Morgan fingerprint density at radius 1 is 1.40 bits per heavy atom. The first kappa shape index (κ1) is 9.34. The van der Waals surface area contributed by atoms with Crippen molar-refractivity contribution >= 4 is 0 Å². The molecule has 0 spiro atoms. The molecular weight excluding hydrogens is 134 g/mol. The third-order valence-corrected chi connectivity index (χ3v) is 1.41. The van der Waals surface area contributed by atoms with Crippen LogP contribution in [0.2, 0.25) is 0 Å². The summed E-state index contributed by atoms with van der Waals surface area (Å²) >= 11 is 0. The number of hydrogen-bond donors (Lipinski definition) is 0. The minimum Gasteiger partial charge on any atom is -0.197 e. The van der Waals surface area contributed by atoms with Crippen LogP contribution < -0.4 is 0 Å². The zero-order valence-corrected chi connectivity index (χ0v) is 6.38. The van der Waals surface area contributed by atoms with E-state index in [9.17, 15) is 8.78 Å². The summed E-state index contributed by atoms with van der Waals surface area (Å²) in [5.74, 6) is -2.88. The summed E-state index contributed by atoms with van der Waals surface area (Å²) in [6.07, 6.45) is 0.292. The molecule has 0 fully saturated rings. The molecule has 0 atom stereocenters. The van der Waals surface area contributed by atoms with Gasteiger partial charge in [0, 0.05) is 0 Å². The van der Waals surface area contributed by atoms with E-state index >= 15 is 0 Å². The second kappa shape index (κ2) is 2.95. The van der Waals surface area contributed by atoms with Crippen molar-refractivity contribution in [2.24, 2.45) is 0 Å². The van der Waals surface area contributed by atoms with E-state index in [0.717, 1.165) is 0 Å². The second-order valence-electron chi connectivity index (χ2n) is 2.31. The fourth-order valence-electron chi connectivity index (χ4n) is 0.524. The van der Waals surface area contributed by atoms with Gasteiger partial charge in [-0.3, -0.25) is 0 Å². The standard InChI is InChI=1S/C8H12F2/c1-5-7(4)8(9,10)6(2)3/h2,4-5H2,1,3H3. The SMILES string of the molecule is C=C(C)C(F)(F)C(=C)CC. The van der Waals surface area contributed by atoms with Crippen molar-refractivity contribution in [3.63, 3.8) is 0 Å². The predicted octanol–water partition coefficient (Wildman–Crippen LogP) is 3.16. The predicted molar refractivity (Wildman–Crippen MR) is 39.2 cm³/mol. The van der Waals surface area contributed by atoms with Crippen molar-refractivity contribution in [2.45, 2.75) is 26.2 Å². The monoisotopic (exact) mass is 146 g/mol. The van der Waals surface area contributed by atoms with Crippen LogP contribution in [-0.2, 0) is 0 Å². The van der Waals surface area contributed by atoms with Gasteiger partial charge in [-0.15, -0.1) is 0 Å². The van der Waals surface area contributed by atoms with Gasteiger partial charge < -0.3 is 0 Å². The van der Waals surface area contributed by atoms with Crippen LogP contribution in [0.3, 0.4) is 0 Å². The van der Waals surface area contributed by atoms with Crippen LogP contribution in [-0.4, -0.2) is 5.92 Å². The maximum atomic E-state index is 12.7. The van der Waals surface area contributed by atoms with Crippen LogP contribution in [0.5, 0.6) is 0 Å². The zero-order chi connectivity index (χ0) is 8.36. The molecule has 0 nitrogen and oxygen atoms in total. The highest BCUT2D eigenvalue weighted by Gasteiger charge is 2.31. The van der Waals surface area contributed by atoms with Gasteiger partial charge in [-0.05, 0) is 24.5 Å². The van der Waals surface area contributed by atoms with Crippen LogP contribution in [0.15, 0.2) is 24.3 Å². The molecular formula is C8H12F2. The molecule has 2 heteroatoms. The topological polar surface area (TPSA) is 0 Å². The summed E-state index contributed by atoms with van der Waals surface area (Å²) in [5, 5.41) is 0. The number of allylic oxidation sites excluding steroid dienone is 2. The Bertz CT molecular complexity index is 157. The first-order chi connectivity index (χ1) is 4.42. The first-order valence-corrected chi connectivity index (χ1v) is 3.15. The van der Waals surface area contributed by atoms with Crippen molar-refractivity contribution in [3.05, 3.63) is 24.3 Å². The zero-order valence-electron chi connectivity index (χ0n) is 6.38. The lowest BCUT2D eigenvalue weighted by Gasteiger charge is -2.17. The fraction of sp³-hybridized carbons (Fsp3) is 0.500. The summed E-state index contributed by atoms with van der Waals surface area (Å²) in [6.45, 7) is 9.40. The summed E-state index contributed by atoms with van der Waals surface area (Å²) in [7, 11) is 0. The van der Waals surface area contributed by atoms with E-state index in [2.05, 4.69) is 13.2 Å². The van der Waals surface area contributed by atoms with E-state index in [-0.39, 0.29) is 11.1 Å². The molecule has 0 bridgehead atoms. The van der Waals surface area contributed by atoms with Crippen molar-refractivity contribution in [2.75, 3.05) is 0 Å². The van der Waals surface area contributed by atoms with Gasteiger partial charge in [0.1, 0.15) is 0 Å². The number of rotatable bonds is 3. The lowest BCUT2D eigenvalue weighted by atomic mass is 10.0. The molecule has 0 unspecified atom stereocenters. The highest BCUT2D eigenvalue weighted by molar-refractivity contribution is 5.21. The molecule has 0 amide bonds. The smallest absolute Gasteiger partial charge is 0.197 e. The molecule has 0 saturated heterocycles. The molecule has 0 heterocycles. The molecule has 0 N–H and O–H groups in total. The maximum Gasteiger partial charge on any atom is 0.289 e. The first-order valence-electron chi connectivity index (χ1n) is 3.15. The van der Waals surface area contributed by atoms with E-state index in [0.29, 0.717) is 6.42 Å². The van der Waals surface area contributed by atoms with Crippen molar-refractivity contribution in [1.82, 2.24) is 0 Å². The molecule has 0 aromatic rings. The second-order valence-corrected chi connectivity index (χ2v) is 2.31. The molecule has 0 aromatic carbocycles. The number of halogens is 2. The Hall–Kier alpha value is -0.660. The van der Waals surface area contributed by atoms with Gasteiger partial charge in [-0.1, -0.05) is 20.1 Å². The van der Waals surface area contributed by atoms with Crippen LogP contribution in [0.4, 0.5) is 8.78 Å². The van der Waals surface area contributed by atoms with E-state index in [1.54, 1.807) is 6.92 Å². The van der Waals surface area contributed by atoms with Crippen molar-refractivity contribution in [3.8, 4) is 0 Å². The molecule has 0 aliphatic carbocycles. The lowest BCUT2D eigenvalue weighted by Crippen LogP contribution is -2.18. The highest BCUT2D eigenvalue weighted by atomic mass is 19.3. The van der Waals surface area contributed by atoms with Gasteiger partial charge in [0.25, 0.3) is 5.92 Å². The molecule has 0 aliphatic heterocycles. The lowest BCUT2D eigenvalue weighted by molar-refractivity contribution is 0.0810. The molecule has 10 heavy (non-hydrogen) atoms. The van der Waals surface area contributed by atoms with E-state index in [4.69, 9.17) is 0 Å². The Morgan fingerprint density at radius 2 is 1.80 bits per heavy atom. The van der Waals surface area contributed by atoms with Gasteiger partial charge in [0.2, 0.25) is 0 Å². The highest BCUT2D eigenvalue weighted by Crippen LogP contribution is 2.31. The van der Waals surface area contributed by atoms with Crippen LogP contribution in [0.1, 0.15) is 20.3 Å². The van der Waals surface area contributed by atoms with Gasteiger partial charge in [0.15, 0.2) is 0 Å². The average Bonchev–Trinajstić information content (AvgIpc) is 1.86. The largest absolute Gasteiger partial charge is 0.289 e. The fourth-order valence-corrected chi connectivity index (χ4v) is 0.524. The normalized spacial score (nSPS) is 11.2. The Balaban J connectivity index is 4.40. The minimum atomic E-state index is -2.88. The molecule has 0 aliphatic rings. The maximum absolute atomic E-state index is 12.7. The summed E-state index contributed by atoms with van der Waals surface area (Å²) in [4.78, 5) is 0. The van der Waals surface area contributed by atoms with Crippen LogP contribution in [0.25, 0.3) is 0 Å². The number of alkyl halides is 2. The molecule has 0 saturated carbocycles. The Morgan fingerprint density at radius 3 is 1.90 bits per heavy atom. The summed E-state index contributed by atoms with van der Waals surface area (Å²) < 4.78 is 25.5. The Kier molecular flexibility index (Phi) is 2.76. The molecule has 58 valence electrons. The minimum absolute atomic E-state index is 0.0694. The van der Waals surface area contributed by atoms with Gasteiger partial charge in [-0.25, -0.2) is 0 Å².